The molecular formula is C16H16NO. The van der Waals surface area contributed by atoms with Crippen LogP contribution in [0.1, 0.15) is 5.56 Å². The predicted molar refractivity (Wildman–Crippen MR) is 75.6 cm³/mol. The average Bonchev–Trinajstić information content (AvgIpc) is 2.46. The maximum Gasteiger partial charge on any atom is 0.118 e. The summed E-state index contributed by atoms with van der Waals surface area (Å²) in [5.41, 5.74) is 2.12. The minimum absolute atomic E-state index is 0.849. The Kier molecular flexibility index (Phi) is 4.02. The second-order valence-corrected chi connectivity index (χ2v) is 3.84. The van der Waals surface area contributed by atoms with Crippen molar-refractivity contribution in [3.8, 4) is 5.75 Å². The molecule has 1 N–H and O–H groups in total. The van der Waals surface area contributed by atoms with Gasteiger partial charge in [-0.1, -0.05) is 36.4 Å². The van der Waals surface area contributed by atoms with Crippen molar-refractivity contribution >= 4 is 5.69 Å². The molecule has 0 fully saturated rings. The monoisotopic (exact) mass is 238 g/mol. The van der Waals surface area contributed by atoms with E-state index in [0.29, 0.717) is 0 Å². The van der Waals surface area contributed by atoms with Crippen LogP contribution in [-0.2, 0) is 0 Å². The van der Waals surface area contributed by atoms with Crippen LogP contribution in [0.15, 0.2) is 67.3 Å². The summed E-state index contributed by atoms with van der Waals surface area (Å²) in [4.78, 5) is 0. The molecule has 0 bridgehead atoms. The summed E-state index contributed by atoms with van der Waals surface area (Å²) in [6.45, 7) is 3.85. The van der Waals surface area contributed by atoms with Crippen molar-refractivity contribution in [2.45, 2.75) is 0 Å². The van der Waals surface area contributed by atoms with Crippen LogP contribution in [0.4, 0.5) is 5.69 Å². The van der Waals surface area contributed by atoms with E-state index in [1.54, 1.807) is 7.11 Å². The molecule has 0 atom stereocenters. The Morgan fingerprint density at radius 1 is 1.06 bits per heavy atom. The van der Waals surface area contributed by atoms with E-state index in [2.05, 4.69) is 11.9 Å². The highest BCUT2D eigenvalue weighted by atomic mass is 16.5. The van der Waals surface area contributed by atoms with Crippen LogP contribution in [-0.4, -0.2) is 7.11 Å². The molecule has 1 radical (unpaired) electrons. The molecule has 0 aliphatic rings. The van der Waals surface area contributed by atoms with Gasteiger partial charge in [-0.25, -0.2) is 0 Å². The molecule has 0 aliphatic heterocycles. The van der Waals surface area contributed by atoms with E-state index >= 15 is 0 Å². The van der Waals surface area contributed by atoms with E-state index in [1.807, 2.05) is 60.7 Å². The van der Waals surface area contributed by atoms with Crippen molar-refractivity contribution in [1.82, 2.24) is 0 Å². The fraction of sp³-hybridized carbons (Fsp3) is 0.0625. The Bertz CT molecular complexity index is 490. The molecule has 2 aromatic rings. The molecule has 0 spiro atoms. The van der Waals surface area contributed by atoms with Crippen LogP contribution in [0.3, 0.4) is 0 Å². The molecule has 2 nitrogen and oxygen atoms in total. The minimum atomic E-state index is 0.849. The molecule has 2 aromatic carbocycles. The standard InChI is InChI=1S/C16H16NO/c1-3-16(17-14-7-5-4-6-8-14)13-9-11-15(18-2)12-10-13/h3-12,17H,1H2,2H3. The third kappa shape index (κ3) is 2.92. The lowest BCUT2D eigenvalue weighted by molar-refractivity contribution is 0.414. The topological polar surface area (TPSA) is 21.3 Å². The van der Waals surface area contributed by atoms with Gasteiger partial charge >= 0.3 is 0 Å². The van der Waals surface area contributed by atoms with Gasteiger partial charge in [-0.3, -0.25) is 0 Å². The summed E-state index contributed by atoms with van der Waals surface area (Å²) < 4.78 is 5.15. The van der Waals surface area contributed by atoms with Gasteiger partial charge in [0.2, 0.25) is 0 Å². The molecular weight excluding hydrogens is 222 g/mol. The van der Waals surface area contributed by atoms with Crippen LogP contribution >= 0.6 is 0 Å². The summed E-state index contributed by atoms with van der Waals surface area (Å²) in [6, 6.07) is 18.9. The van der Waals surface area contributed by atoms with Crippen molar-refractivity contribution < 1.29 is 4.74 Å². The Balaban J connectivity index is 2.15. The normalized spacial score (nSPS) is 10.1. The quantitative estimate of drug-likeness (QED) is 0.853. The van der Waals surface area contributed by atoms with E-state index in [9.17, 15) is 0 Å². The molecule has 0 amide bonds. The highest BCUT2D eigenvalue weighted by molar-refractivity contribution is 5.54. The maximum atomic E-state index is 5.15. The smallest absolute Gasteiger partial charge is 0.118 e. The van der Waals surface area contributed by atoms with Gasteiger partial charge in [0, 0.05) is 5.69 Å². The van der Waals surface area contributed by atoms with Gasteiger partial charge in [0.1, 0.15) is 11.8 Å². The number of hydrogen-bond donors (Lipinski definition) is 1. The number of anilines is 1. The SMILES string of the molecule is C=C[C](Nc1ccccc1)c1ccc(OC)cc1. The predicted octanol–water partition coefficient (Wildman–Crippen LogP) is 3.87. The van der Waals surface area contributed by atoms with Gasteiger partial charge in [-0.2, -0.15) is 0 Å². The lowest BCUT2D eigenvalue weighted by Gasteiger charge is -2.15. The van der Waals surface area contributed by atoms with Gasteiger partial charge in [0.25, 0.3) is 0 Å². The van der Waals surface area contributed by atoms with E-state index < -0.39 is 0 Å². The Labute approximate surface area is 108 Å². The van der Waals surface area contributed by atoms with E-state index in [1.165, 1.54) is 0 Å². The number of ether oxygens (including phenoxy) is 1. The van der Waals surface area contributed by atoms with Crippen molar-refractivity contribution in [2.75, 3.05) is 12.4 Å². The molecule has 0 aliphatic carbocycles. The van der Waals surface area contributed by atoms with Crippen molar-refractivity contribution in [3.05, 3.63) is 78.9 Å². The van der Waals surface area contributed by atoms with Crippen LogP contribution in [0, 0.1) is 6.04 Å². The molecule has 2 rings (SSSR count). The fourth-order valence-electron chi connectivity index (χ4n) is 1.69. The number of nitrogens with one attached hydrogen (secondary N) is 1. The van der Waals surface area contributed by atoms with Gasteiger partial charge in [-0.15, -0.1) is 6.58 Å². The first kappa shape index (κ1) is 12.2. The van der Waals surface area contributed by atoms with Crippen LogP contribution < -0.4 is 10.1 Å². The molecule has 18 heavy (non-hydrogen) atoms. The summed E-state index contributed by atoms with van der Waals surface area (Å²) in [5, 5.41) is 3.34. The summed E-state index contributed by atoms with van der Waals surface area (Å²) in [5.74, 6) is 0.849. The van der Waals surface area contributed by atoms with E-state index in [0.717, 1.165) is 23.0 Å². The van der Waals surface area contributed by atoms with Gasteiger partial charge in [0.15, 0.2) is 0 Å². The summed E-state index contributed by atoms with van der Waals surface area (Å²) >= 11 is 0. The van der Waals surface area contributed by atoms with E-state index in [-0.39, 0.29) is 0 Å². The molecule has 91 valence electrons. The summed E-state index contributed by atoms with van der Waals surface area (Å²) in [7, 11) is 1.66. The highest BCUT2D eigenvalue weighted by Gasteiger charge is 2.08. The second kappa shape index (κ2) is 5.92. The van der Waals surface area contributed by atoms with Crippen LogP contribution in [0.2, 0.25) is 0 Å². The maximum absolute atomic E-state index is 5.15. The molecule has 0 unspecified atom stereocenters. The lowest BCUT2D eigenvalue weighted by Crippen LogP contribution is -2.08. The molecule has 0 saturated heterocycles. The average molecular weight is 238 g/mol. The first-order valence-corrected chi connectivity index (χ1v) is 5.79. The molecule has 0 heterocycles. The fourth-order valence-corrected chi connectivity index (χ4v) is 1.69. The number of para-hydroxylation sites is 1. The second-order valence-electron chi connectivity index (χ2n) is 3.84. The van der Waals surface area contributed by atoms with Crippen LogP contribution in [0.25, 0.3) is 0 Å². The van der Waals surface area contributed by atoms with Crippen molar-refractivity contribution in [3.63, 3.8) is 0 Å². The zero-order valence-corrected chi connectivity index (χ0v) is 10.4. The van der Waals surface area contributed by atoms with Crippen molar-refractivity contribution in [2.24, 2.45) is 0 Å². The molecule has 0 saturated carbocycles. The van der Waals surface area contributed by atoms with E-state index in [4.69, 9.17) is 4.74 Å². The van der Waals surface area contributed by atoms with Gasteiger partial charge in [-0.05, 0) is 29.8 Å². The van der Waals surface area contributed by atoms with Crippen molar-refractivity contribution in [1.29, 1.82) is 0 Å². The first-order valence-electron chi connectivity index (χ1n) is 5.79. The lowest BCUT2D eigenvalue weighted by atomic mass is 10.1. The Morgan fingerprint density at radius 3 is 2.28 bits per heavy atom. The highest BCUT2D eigenvalue weighted by Crippen LogP contribution is 2.21. The van der Waals surface area contributed by atoms with Gasteiger partial charge in [0.05, 0.1) is 7.11 Å². The number of benzene rings is 2. The third-order valence-electron chi connectivity index (χ3n) is 2.66. The number of methoxy groups -OCH3 is 1. The largest absolute Gasteiger partial charge is 0.497 e. The molecule has 0 aromatic heterocycles. The summed E-state index contributed by atoms with van der Waals surface area (Å²) in [6.07, 6.45) is 1.81. The number of rotatable bonds is 5. The zero-order chi connectivity index (χ0) is 12.8. The van der Waals surface area contributed by atoms with Crippen LogP contribution in [0.5, 0.6) is 5.75 Å². The first-order chi connectivity index (χ1) is 8.83. The zero-order valence-electron chi connectivity index (χ0n) is 10.4. The Hall–Kier alpha value is -2.22. The minimum Gasteiger partial charge on any atom is -0.497 e. The third-order valence-corrected chi connectivity index (χ3v) is 2.66. The van der Waals surface area contributed by atoms with Gasteiger partial charge < -0.3 is 10.1 Å². The Morgan fingerprint density at radius 2 is 1.72 bits per heavy atom. The number of hydrogen-bond acceptors (Lipinski definition) is 2. The molecule has 2 heteroatoms.